The fourth-order valence-electron chi connectivity index (χ4n) is 4.24. The maximum Gasteiger partial charge on any atom is 0.243 e. The Balaban J connectivity index is 1.61. The number of carbonyl (C=O) groups excluding carboxylic acids is 1. The molecular weight excluding hydrogens is 378 g/mol. The molecule has 8 nitrogen and oxygen atoms in total. The molecule has 0 aliphatic carbocycles. The van der Waals surface area contributed by atoms with Crippen LogP contribution < -0.4 is 4.90 Å². The third-order valence-electron chi connectivity index (χ3n) is 5.68. The fourth-order valence-corrected chi connectivity index (χ4v) is 5.82. The quantitative estimate of drug-likeness (QED) is 0.778. The molecule has 9 heteroatoms. The van der Waals surface area contributed by atoms with Crippen LogP contribution in [0.25, 0.3) is 0 Å². The molecule has 1 aromatic heterocycles. The summed E-state index contributed by atoms with van der Waals surface area (Å²) >= 11 is 0. The molecule has 28 heavy (non-hydrogen) atoms. The standard InChI is InChI=1S/C19H25N5O3S/c1-14(25)24-10-4-5-15-11-17(7-8-18(15)24)28(26,27)23-9-3-6-16(12-23)19-21-20-13-22(19)2/h7-8,11,13,16H,3-6,9-10,12H2,1-2H3. The van der Waals surface area contributed by atoms with Crippen molar-refractivity contribution in [1.29, 1.82) is 0 Å². The van der Waals surface area contributed by atoms with E-state index in [0.717, 1.165) is 42.8 Å². The summed E-state index contributed by atoms with van der Waals surface area (Å²) in [6, 6.07) is 5.14. The predicted molar refractivity (Wildman–Crippen MR) is 105 cm³/mol. The number of benzene rings is 1. The van der Waals surface area contributed by atoms with E-state index in [1.165, 1.54) is 0 Å². The molecule has 4 rings (SSSR count). The van der Waals surface area contributed by atoms with Crippen molar-refractivity contribution in [3.05, 3.63) is 35.9 Å². The van der Waals surface area contributed by atoms with Crippen molar-refractivity contribution in [3.63, 3.8) is 0 Å². The molecule has 1 aromatic carbocycles. The number of hydrogen-bond acceptors (Lipinski definition) is 5. The maximum absolute atomic E-state index is 13.3. The second-order valence-electron chi connectivity index (χ2n) is 7.57. The first-order valence-corrected chi connectivity index (χ1v) is 11.1. The van der Waals surface area contributed by atoms with Crippen molar-refractivity contribution in [2.45, 2.75) is 43.4 Å². The molecule has 3 heterocycles. The van der Waals surface area contributed by atoms with E-state index >= 15 is 0 Å². The molecule has 0 bridgehead atoms. The molecule has 2 aliphatic rings. The largest absolute Gasteiger partial charge is 0.320 e. The van der Waals surface area contributed by atoms with Gasteiger partial charge in [-0.05, 0) is 49.4 Å². The van der Waals surface area contributed by atoms with Crippen LogP contribution in [0.2, 0.25) is 0 Å². The van der Waals surface area contributed by atoms with Gasteiger partial charge in [0.1, 0.15) is 12.2 Å². The Morgan fingerprint density at radius 3 is 2.75 bits per heavy atom. The summed E-state index contributed by atoms with van der Waals surface area (Å²) in [5, 5.41) is 8.09. The van der Waals surface area contributed by atoms with Gasteiger partial charge in [0.05, 0.1) is 4.90 Å². The van der Waals surface area contributed by atoms with E-state index < -0.39 is 10.0 Å². The lowest BCUT2D eigenvalue weighted by atomic mass is 9.99. The number of hydrogen-bond donors (Lipinski definition) is 0. The Bertz CT molecular complexity index is 1000. The number of nitrogens with zero attached hydrogens (tertiary/aromatic N) is 5. The van der Waals surface area contributed by atoms with Gasteiger partial charge < -0.3 is 9.47 Å². The zero-order valence-corrected chi connectivity index (χ0v) is 17.0. The van der Waals surface area contributed by atoms with E-state index in [9.17, 15) is 13.2 Å². The first-order chi connectivity index (χ1) is 13.4. The highest BCUT2D eigenvalue weighted by Crippen LogP contribution is 2.33. The lowest BCUT2D eigenvalue weighted by Crippen LogP contribution is -2.40. The number of amides is 1. The molecule has 0 saturated carbocycles. The number of piperidine rings is 1. The fraction of sp³-hybridized carbons (Fsp3) is 0.526. The van der Waals surface area contributed by atoms with E-state index in [4.69, 9.17) is 0 Å². The summed E-state index contributed by atoms with van der Waals surface area (Å²) in [5.41, 5.74) is 1.75. The molecule has 0 N–H and O–H groups in total. The van der Waals surface area contributed by atoms with Crippen LogP contribution in [-0.2, 0) is 28.3 Å². The number of rotatable bonds is 3. The van der Waals surface area contributed by atoms with Crippen LogP contribution in [0.3, 0.4) is 0 Å². The Morgan fingerprint density at radius 2 is 2.04 bits per heavy atom. The number of fused-ring (bicyclic) bond motifs is 1. The average Bonchev–Trinajstić information content (AvgIpc) is 3.13. The van der Waals surface area contributed by atoms with Crippen LogP contribution in [-0.4, -0.2) is 53.0 Å². The van der Waals surface area contributed by atoms with Crippen LogP contribution in [0.15, 0.2) is 29.4 Å². The van der Waals surface area contributed by atoms with Gasteiger partial charge in [-0.25, -0.2) is 8.42 Å². The van der Waals surface area contributed by atoms with Gasteiger partial charge in [0.2, 0.25) is 15.9 Å². The van der Waals surface area contributed by atoms with Crippen molar-refractivity contribution in [1.82, 2.24) is 19.1 Å². The van der Waals surface area contributed by atoms with E-state index in [0.29, 0.717) is 24.5 Å². The molecule has 1 unspecified atom stereocenters. The third-order valence-corrected chi connectivity index (χ3v) is 7.54. The molecule has 0 radical (unpaired) electrons. The van der Waals surface area contributed by atoms with E-state index in [2.05, 4.69) is 10.2 Å². The van der Waals surface area contributed by atoms with Crippen molar-refractivity contribution in [3.8, 4) is 0 Å². The molecule has 1 atom stereocenters. The molecule has 2 aromatic rings. The normalized spacial score (nSPS) is 20.8. The summed E-state index contributed by atoms with van der Waals surface area (Å²) in [4.78, 5) is 13.9. The van der Waals surface area contributed by atoms with Crippen LogP contribution in [0.1, 0.15) is 43.5 Å². The SMILES string of the molecule is CC(=O)N1CCCc2cc(S(=O)(=O)N3CCCC(c4nncn4C)C3)ccc21. The van der Waals surface area contributed by atoms with E-state index in [1.54, 1.807) is 40.7 Å². The van der Waals surface area contributed by atoms with Gasteiger partial charge >= 0.3 is 0 Å². The third kappa shape index (κ3) is 3.33. The van der Waals surface area contributed by atoms with Crippen LogP contribution in [0.4, 0.5) is 5.69 Å². The highest BCUT2D eigenvalue weighted by Gasteiger charge is 2.33. The monoisotopic (exact) mass is 403 g/mol. The lowest BCUT2D eigenvalue weighted by Gasteiger charge is -2.32. The van der Waals surface area contributed by atoms with E-state index in [-0.39, 0.29) is 11.8 Å². The Labute approximate surface area is 165 Å². The minimum atomic E-state index is -3.60. The van der Waals surface area contributed by atoms with Gasteiger partial charge in [-0.2, -0.15) is 4.31 Å². The summed E-state index contributed by atoms with van der Waals surface area (Å²) in [7, 11) is -1.72. The minimum Gasteiger partial charge on any atom is -0.320 e. The van der Waals surface area contributed by atoms with Gasteiger partial charge in [-0.3, -0.25) is 4.79 Å². The smallest absolute Gasteiger partial charge is 0.243 e. The van der Waals surface area contributed by atoms with Gasteiger partial charge in [0, 0.05) is 45.2 Å². The summed E-state index contributed by atoms with van der Waals surface area (Å²) < 4.78 is 30.0. The van der Waals surface area contributed by atoms with Crippen molar-refractivity contribution < 1.29 is 13.2 Å². The van der Waals surface area contributed by atoms with Crippen LogP contribution in [0, 0.1) is 0 Å². The number of carbonyl (C=O) groups is 1. The van der Waals surface area contributed by atoms with Crippen LogP contribution >= 0.6 is 0 Å². The van der Waals surface area contributed by atoms with Crippen molar-refractivity contribution in [2.75, 3.05) is 24.5 Å². The lowest BCUT2D eigenvalue weighted by molar-refractivity contribution is -0.116. The number of aromatic nitrogens is 3. The topological polar surface area (TPSA) is 88.4 Å². The first-order valence-electron chi connectivity index (χ1n) is 9.63. The highest BCUT2D eigenvalue weighted by molar-refractivity contribution is 7.89. The molecule has 1 saturated heterocycles. The second-order valence-corrected chi connectivity index (χ2v) is 9.50. The van der Waals surface area contributed by atoms with E-state index in [1.807, 2.05) is 11.6 Å². The minimum absolute atomic E-state index is 0.0147. The summed E-state index contributed by atoms with van der Waals surface area (Å²) in [6.45, 7) is 3.14. The molecule has 1 fully saturated rings. The Hall–Kier alpha value is -2.26. The van der Waals surface area contributed by atoms with Crippen molar-refractivity contribution in [2.24, 2.45) is 7.05 Å². The molecular formula is C19H25N5O3S. The summed E-state index contributed by atoms with van der Waals surface area (Å²) in [6.07, 6.45) is 4.96. The second kappa shape index (κ2) is 7.29. The number of sulfonamides is 1. The molecule has 150 valence electrons. The number of aryl methyl sites for hydroxylation is 2. The molecule has 1 amide bonds. The zero-order chi connectivity index (χ0) is 19.9. The summed E-state index contributed by atoms with van der Waals surface area (Å²) in [5.74, 6) is 0.850. The average molecular weight is 404 g/mol. The molecule has 2 aliphatic heterocycles. The highest BCUT2D eigenvalue weighted by atomic mass is 32.2. The van der Waals surface area contributed by atoms with Gasteiger partial charge in [0.15, 0.2) is 0 Å². The maximum atomic E-state index is 13.3. The Kier molecular flexibility index (Phi) is 4.96. The first kappa shape index (κ1) is 19.1. The zero-order valence-electron chi connectivity index (χ0n) is 16.2. The molecule has 0 spiro atoms. The van der Waals surface area contributed by atoms with Gasteiger partial charge in [-0.15, -0.1) is 10.2 Å². The van der Waals surface area contributed by atoms with Gasteiger partial charge in [-0.1, -0.05) is 0 Å². The Morgan fingerprint density at radius 1 is 1.21 bits per heavy atom. The predicted octanol–water partition coefficient (Wildman–Crippen LogP) is 1.68. The number of anilines is 1. The van der Waals surface area contributed by atoms with Crippen molar-refractivity contribution >= 4 is 21.6 Å². The van der Waals surface area contributed by atoms with Crippen LogP contribution in [0.5, 0.6) is 0 Å². The van der Waals surface area contributed by atoms with Gasteiger partial charge in [0.25, 0.3) is 0 Å².